The zero-order valence-corrected chi connectivity index (χ0v) is 10.9. The van der Waals surface area contributed by atoms with Crippen molar-refractivity contribution in [2.24, 2.45) is 0 Å². The fourth-order valence-electron chi connectivity index (χ4n) is 2.21. The second-order valence-corrected chi connectivity index (χ2v) is 5.54. The van der Waals surface area contributed by atoms with Crippen LogP contribution in [0.2, 0.25) is 5.02 Å². The van der Waals surface area contributed by atoms with Gasteiger partial charge in [0.2, 0.25) is 0 Å². The lowest BCUT2D eigenvalue weighted by molar-refractivity contribution is 0.534. The molecule has 0 bridgehead atoms. The molecule has 1 fully saturated rings. The molecule has 0 saturated heterocycles. The molecule has 0 atom stereocenters. The summed E-state index contributed by atoms with van der Waals surface area (Å²) in [6.45, 7) is 0. The summed E-state index contributed by atoms with van der Waals surface area (Å²) < 4.78 is 0. The molecule has 0 amide bonds. The van der Waals surface area contributed by atoms with Gasteiger partial charge in [-0.05, 0) is 32.1 Å². The summed E-state index contributed by atoms with van der Waals surface area (Å²) in [5, 5.41) is 7.13. The number of rotatable bonds is 2. The number of halogens is 1. The molecule has 2 aromatic heterocycles. The van der Waals surface area contributed by atoms with Crippen LogP contribution in [0.5, 0.6) is 0 Å². The Hall–Kier alpha value is -0.870. The van der Waals surface area contributed by atoms with Crippen LogP contribution in [0.3, 0.4) is 0 Å². The first kappa shape index (κ1) is 11.2. The molecule has 17 heavy (non-hydrogen) atoms. The van der Waals surface area contributed by atoms with E-state index in [0.29, 0.717) is 6.04 Å². The normalized spacial score (nSPS) is 17.5. The molecule has 1 aliphatic rings. The smallest absolute Gasteiger partial charge is 0.139 e. The molecule has 1 aliphatic carbocycles. The summed E-state index contributed by atoms with van der Waals surface area (Å²) in [5.41, 5.74) is 0. The summed E-state index contributed by atoms with van der Waals surface area (Å²) >= 11 is 7.74. The van der Waals surface area contributed by atoms with Crippen molar-refractivity contribution in [1.29, 1.82) is 0 Å². The number of anilines is 1. The van der Waals surface area contributed by atoms with Crippen LogP contribution in [0.25, 0.3) is 10.2 Å². The lowest BCUT2D eigenvalue weighted by atomic mass is 9.95. The van der Waals surface area contributed by atoms with E-state index in [1.165, 1.54) is 25.7 Å². The average Bonchev–Trinajstić information content (AvgIpc) is 2.74. The first-order valence-corrected chi connectivity index (χ1v) is 7.06. The molecule has 2 heterocycles. The van der Waals surface area contributed by atoms with Crippen LogP contribution in [0.4, 0.5) is 5.82 Å². The van der Waals surface area contributed by atoms with E-state index in [4.69, 9.17) is 11.6 Å². The maximum Gasteiger partial charge on any atom is 0.139 e. The molecule has 1 N–H and O–H groups in total. The van der Waals surface area contributed by atoms with Crippen molar-refractivity contribution in [2.75, 3.05) is 5.32 Å². The van der Waals surface area contributed by atoms with Crippen LogP contribution < -0.4 is 5.32 Å². The largest absolute Gasteiger partial charge is 0.367 e. The Morgan fingerprint density at radius 3 is 2.94 bits per heavy atom. The minimum Gasteiger partial charge on any atom is -0.367 e. The van der Waals surface area contributed by atoms with Crippen molar-refractivity contribution < 1.29 is 0 Å². The molecular weight excluding hydrogens is 254 g/mol. The van der Waals surface area contributed by atoms with Gasteiger partial charge in [0.1, 0.15) is 17.0 Å². The Morgan fingerprint density at radius 2 is 2.12 bits per heavy atom. The number of thiophene rings is 1. The van der Waals surface area contributed by atoms with Crippen LogP contribution in [-0.2, 0) is 0 Å². The zero-order chi connectivity index (χ0) is 11.7. The van der Waals surface area contributed by atoms with Crippen LogP contribution in [-0.4, -0.2) is 16.0 Å². The molecule has 1 radical (unpaired) electrons. The average molecular weight is 267 g/mol. The summed E-state index contributed by atoms with van der Waals surface area (Å²) in [4.78, 5) is 9.51. The van der Waals surface area contributed by atoms with Gasteiger partial charge in [0, 0.05) is 11.4 Å². The highest BCUT2D eigenvalue weighted by atomic mass is 35.5. The fraction of sp³-hybridized carbons (Fsp3) is 0.417. The third kappa shape index (κ3) is 2.24. The molecule has 3 rings (SSSR count). The van der Waals surface area contributed by atoms with E-state index < -0.39 is 0 Å². The summed E-state index contributed by atoms with van der Waals surface area (Å²) in [6, 6.07) is 0.508. The second kappa shape index (κ2) is 4.78. The van der Waals surface area contributed by atoms with Gasteiger partial charge in [0.05, 0.1) is 10.4 Å². The highest BCUT2D eigenvalue weighted by Crippen LogP contribution is 2.33. The third-order valence-electron chi connectivity index (χ3n) is 3.10. The minimum atomic E-state index is 0.508. The summed E-state index contributed by atoms with van der Waals surface area (Å²) in [5.74, 6) is 0.883. The topological polar surface area (TPSA) is 37.8 Å². The van der Waals surface area contributed by atoms with Gasteiger partial charge < -0.3 is 5.32 Å². The standard InChI is InChI=1S/C12H13ClN3S/c13-9-6-17-12-10(9)11(14-7-15-12)16-8-4-2-1-3-5-8/h1,6-8H,2-5H2,(H,14,15,16). The van der Waals surface area contributed by atoms with Gasteiger partial charge in [-0.1, -0.05) is 11.6 Å². The Kier molecular flexibility index (Phi) is 3.16. The van der Waals surface area contributed by atoms with Crippen molar-refractivity contribution in [2.45, 2.75) is 31.7 Å². The van der Waals surface area contributed by atoms with Gasteiger partial charge >= 0.3 is 0 Å². The van der Waals surface area contributed by atoms with Gasteiger partial charge in [0.15, 0.2) is 0 Å². The van der Waals surface area contributed by atoms with E-state index in [1.54, 1.807) is 17.7 Å². The Bertz CT molecular complexity index is 519. The quantitative estimate of drug-likeness (QED) is 0.896. The van der Waals surface area contributed by atoms with Gasteiger partial charge in [-0.25, -0.2) is 9.97 Å². The second-order valence-electron chi connectivity index (χ2n) is 4.27. The van der Waals surface area contributed by atoms with Crippen LogP contribution in [0.1, 0.15) is 25.7 Å². The van der Waals surface area contributed by atoms with E-state index in [1.807, 2.05) is 5.38 Å². The molecule has 0 spiro atoms. The maximum atomic E-state index is 6.18. The number of nitrogens with zero attached hydrogens (tertiary/aromatic N) is 2. The molecule has 0 aromatic carbocycles. The molecule has 3 nitrogen and oxygen atoms in total. The van der Waals surface area contributed by atoms with Crippen LogP contribution >= 0.6 is 22.9 Å². The van der Waals surface area contributed by atoms with Crippen molar-refractivity contribution >= 4 is 39.0 Å². The molecule has 5 heteroatoms. The molecule has 1 saturated carbocycles. The van der Waals surface area contributed by atoms with E-state index in [2.05, 4.69) is 21.7 Å². The Balaban J connectivity index is 1.91. The lowest BCUT2D eigenvalue weighted by Crippen LogP contribution is -2.23. The van der Waals surface area contributed by atoms with Gasteiger partial charge in [-0.3, -0.25) is 0 Å². The molecule has 0 unspecified atom stereocenters. The fourth-order valence-corrected chi connectivity index (χ4v) is 3.35. The highest BCUT2D eigenvalue weighted by Gasteiger charge is 2.16. The summed E-state index contributed by atoms with van der Waals surface area (Å²) in [6.07, 6.45) is 8.67. The van der Waals surface area contributed by atoms with E-state index in [-0.39, 0.29) is 0 Å². The van der Waals surface area contributed by atoms with Crippen LogP contribution in [0.15, 0.2) is 11.7 Å². The number of fused-ring (bicyclic) bond motifs is 1. The number of aromatic nitrogens is 2. The first-order chi connectivity index (χ1) is 8.34. The van der Waals surface area contributed by atoms with Crippen molar-refractivity contribution in [1.82, 2.24) is 9.97 Å². The number of hydrogen-bond acceptors (Lipinski definition) is 4. The summed E-state index contributed by atoms with van der Waals surface area (Å²) in [7, 11) is 0. The predicted octanol–water partition coefficient (Wildman–Crippen LogP) is 3.90. The zero-order valence-electron chi connectivity index (χ0n) is 9.32. The first-order valence-electron chi connectivity index (χ1n) is 5.80. The van der Waals surface area contributed by atoms with Gasteiger partial charge in [-0.15, -0.1) is 11.3 Å². The number of hydrogen-bond donors (Lipinski definition) is 1. The molecule has 0 aliphatic heterocycles. The van der Waals surface area contributed by atoms with Gasteiger partial charge in [0.25, 0.3) is 0 Å². The van der Waals surface area contributed by atoms with Crippen molar-refractivity contribution in [3.05, 3.63) is 23.2 Å². The van der Waals surface area contributed by atoms with E-state index in [9.17, 15) is 0 Å². The third-order valence-corrected chi connectivity index (χ3v) is 4.42. The highest BCUT2D eigenvalue weighted by molar-refractivity contribution is 7.17. The predicted molar refractivity (Wildman–Crippen MR) is 72.6 cm³/mol. The van der Waals surface area contributed by atoms with Crippen molar-refractivity contribution in [3.63, 3.8) is 0 Å². The maximum absolute atomic E-state index is 6.18. The molecular formula is C12H13ClN3S. The number of nitrogens with one attached hydrogen (secondary N) is 1. The minimum absolute atomic E-state index is 0.508. The van der Waals surface area contributed by atoms with E-state index >= 15 is 0 Å². The van der Waals surface area contributed by atoms with Crippen molar-refractivity contribution in [3.8, 4) is 0 Å². The lowest BCUT2D eigenvalue weighted by Gasteiger charge is -2.23. The monoisotopic (exact) mass is 266 g/mol. The van der Waals surface area contributed by atoms with Gasteiger partial charge in [-0.2, -0.15) is 0 Å². The van der Waals surface area contributed by atoms with Crippen LogP contribution in [0, 0.1) is 6.42 Å². The molecule has 89 valence electrons. The Labute approximate surface area is 109 Å². The van der Waals surface area contributed by atoms with E-state index in [0.717, 1.165) is 21.1 Å². The molecule has 2 aromatic rings. The Morgan fingerprint density at radius 1 is 1.29 bits per heavy atom. The SMILES string of the molecule is Clc1csc2ncnc(NC3CC[CH]CC3)c12.